The van der Waals surface area contributed by atoms with Crippen LogP contribution in [0.1, 0.15) is 46.3 Å². The standard InChI is InChI=1S/C16H27IN3O8P/c1-4-10(21)29(25,26)28-16(3,5-2)6-9-11(22)12(23)14(27-9)20-7-8(17)13(18)19-15(20)24/h7,9-12,14,21-23H,4-6H2,1-3H3,(H,25,26)(H2,18,19,24)/t9-,10?,11-,12-,14-,16?/m1/s1. The highest BCUT2D eigenvalue weighted by Gasteiger charge is 2.48. The molecule has 1 aliphatic heterocycles. The van der Waals surface area contributed by atoms with Gasteiger partial charge in [0.2, 0.25) is 0 Å². The molecule has 1 aliphatic rings. The molecule has 1 aromatic rings. The second-order valence-electron chi connectivity index (χ2n) is 7.26. The molecule has 2 rings (SSSR count). The lowest BCUT2D eigenvalue weighted by Crippen LogP contribution is -2.39. The van der Waals surface area contributed by atoms with Crippen molar-refractivity contribution in [2.45, 2.75) is 76.0 Å². The Labute approximate surface area is 181 Å². The fourth-order valence-corrected chi connectivity index (χ4v) is 4.89. The highest BCUT2D eigenvalue weighted by atomic mass is 127. The third-order valence-electron chi connectivity index (χ3n) is 5.02. The van der Waals surface area contributed by atoms with Crippen molar-refractivity contribution in [2.24, 2.45) is 0 Å². The van der Waals surface area contributed by atoms with E-state index < -0.39 is 49.3 Å². The Morgan fingerprint density at radius 2 is 2.07 bits per heavy atom. The second-order valence-corrected chi connectivity index (χ2v) is 10.3. The van der Waals surface area contributed by atoms with Gasteiger partial charge in [0.1, 0.15) is 18.0 Å². The predicted octanol–water partition coefficient (Wildman–Crippen LogP) is 0.538. The maximum absolute atomic E-state index is 12.3. The van der Waals surface area contributed by atoms with Gasteiger partial charge in [0.15, 0.2) is 12.1 Å². The molecule has 2 heterocycles. The van der Waals surface area contributed by atoms with Crippen molar-refractivity contribution in [2.75, 3.05) is 5.73 Å². The van der Waals surface area contributed by atoms with Crippen LogP contribution in [0.2, 0.25) is 0 Å². The number of hydrogen-bond acceptors (Lipinski definition) is 9. The average molecular weight is 547 g/mol. The number of rotatable bonds is 8. The summed E-state index contributed by atoms with van der Waals surface area (Å²) in [5.74, 6) is -1.50. The lowest BCUT2D eigenvalue weighted by molar-refractivity contribution is -0.0694. The molecule has 0 bridgehead atoms. The molecule has 1 fully saturated rings. The first-order chi connectivity index (χ1) is 13.3. The van der Waals surface area contributed by atoms with E-state index in [0.29, 0.717) is 3.57 Å². The lowest BCUT2D eigenvalue weighted by atomic mass is 9.93. The van der Waals surface area contributed by atoms with Gasteiger partial charge in [-0.2, -0.15) is 4.98 Å². The van der Waals surface area contributed by atoms with E-state index in [1.807, 2.05) is 22.6 Å². The van der Waals surface area contributed by atoms with Crippen LogP contribution in [-0.2, 0) is 13.8 Å². The minimum absolute atomic E-state index is 0.0304. The van der Waals surface area contributed by atoms with Crippen LogP contribution in [0.3, 0.4) is 0 Å². The zero-order valence-electron chi connectivity index (χ0n) is 16.3. The number of aliphatic hydroxyl groups excluding tert-OH is 3. The highest BCUT2D eigenvalue weighted by molar-refractivity contribution is 14.1. The van der Waals surface area contributed by atoms with Crippen molar-refractivity contribution in [1.29, 1.82) is 0 Å². The van der Waals surface area contributed by atoms with Crippen molar-refractivity contribution < 1.29 is 34.0 Å². The number of nitrogens with two attached hydrogens (primary N) is 1. The number of aliphatic hydroxyl groups is 3. The Hall–Kier alpha value is -0.600. The summed E-state index contributed by atoms with van der Waals surface area (Å²) in [6, 6.07) is 0. The van der Waals surface area contributed by atoms with Gasteiger partial charge in [0, 0.05) is 12.6 Å². The Bertz CT molecular complexity index is 839. The number of nitrogens with zero attached hydrogens (tertiary/aromatic N) is 2. The zero-order valence-corrected chi connectivity index (χ0v) is 19.4. The molecule has 6 N–H and O–H groups in total. The van der Waals surface area contributed by atoms with Gasteiger partial charge in [-0.25, -0.2) is 4.79 Å². The van der Waals surface area contributed by atoms with Crippen LogP contribution in [0.15, 0.2) is 11.0 Å². The molecule has 166 valence electrons. The molecule has 0 aliphatic carbocycles. The molecule has 29 heavy (non-hydrogen) atoms. The Morgan fingerprint density at radius 3 is 2.62 bits per heavy atom. The van der Waals surface area contributed by atoms with E-state index in [1.54, 1.807) is 20.8 Å². The number of aromatic nitrogens is 2. The van der Waals surface area contributed by atoms with Crippen molar-refractivity contribution in [3.8, 4) is 0 Å². The van der Waals surface area contributed by atoms with E-state index in [4.69, 9.17) is 15.0 Å². The van der Waals surface area contributed by atoms with E-state index in [1.165, 1.54) is 6.20 Å². The van der Waals surface area contributed by atoms with Gasteiger partial charge < -0.3 is 35.2 Å². The molecular formula is C16H27IN3O8P. The number of hydrogen-bond donors (Lipinski definition) is 5. The topological polar surface area (TPSA) is 177 Å². The third kappa shape index (κ3) is 5.37. The van der Waals surface area contributed by atoms with Crippen LogP contribution in [0.4, 0.5) is 5.82 Å². The molecule has 0 radical (unpaired) electrons. The van der Waals surface area contributed by atoms with Gasteiger partial charge in [-0.15, -0.1) is 0 Å². The van der Waals surface area contributed by atoms with Crippen molar-refractivity contribution in [1.82, 2.24) is 9.55 Å². The molecule has 11 nitrogen and oxygen atoms in total. The summed E-state index contributed by atoms with van der Waals surface area (Å²) in [6.45, 7) is 4.81. The molecule has 0 spiro atoms. The summed E-state index contributed by atoms with van der Waals surface area (Å²) in [5, 5.41) is 30.6. The molecule has 1 aromatic heterocycles. The number of anilines is 1. The van der Waals surface area contributed by atoms with Crippen LogP contribution in [0, 0.1) is 3.57 Å². The van der Waals surface area contributed by atoms with E-state index in [9.17, 15) is 29.6 Å². The molecule has 3 unspecified atom stereocenters. The van der Waals surface area contributed by atoms with Gasteiger partial charge in [-0.05, 0) is 42.4 Å². The largest absolute Gasteiger partial charge is 0.388 e. The molecule has 0 amide bonds. The van der Waals surface area contributed by atoms with Gasteiger partial charge in [-0.1, -0.05) is 13.8 Å². The summed E-state index contributed by atoms with van der Waals surface area (Å²) >= 11 is 1.87. The van der Waals surface area contributed by atoms with Gasteiger partial charge in [0.25, 0.3) is 0 Å². The molecule has 0 aromatic carbocycles. The molecule has 7 atom stereocenters. The minimum Gasteiger partial charge on any atom is -0.388 e. The Kier molecular flexibility index (Phi) is 7.88. The van der Waals surface area contributed by atoms with Crippen LogP contribution >= 0.6 is 30.2 Å². The highest BCUT2D eigenvalue weighted by Crippen LogP contribution is 2.53. The molecule has 0 saturated carbocycles. The first kappa shape index (κ1) is 24.7. The summed E-state index contributed by atoms with van der Waals surface area (Å²) in [5.41, 5.74) is 3.62. The van der Waals surface area contributed by atoms with E-state index in [-0.39, 0.29) is 25.1 Å². The third-order valence-corrected chi connectivity index (χ3v) is 7.67. The van der Waals surface area contributed by atoms with Gasteiger partial charge in [0.05, 0.1) is 15.3 Å². The van der Waals surface area contributed by atoms with Crippen LogP contribution in [-0.4, -0.2) is 59.5 Å². The average Bonchev–Trinajstić information content (AvgIpc) is 2.91. The number of halogens is 1. The Morgan fingerprint density at radius 1 is 1.45 bits per heavy atom. The van der Waals surface area contributed by atoms with Crippen LogP contribution in [0.5, 0.6) is 0 Å². The predicted molar refractivity (Wildman–Crippen MR) is 112 cm³/mol. The fraction of sp³-hybridized carbons (Fsp3) is 0.750. The zero-order chi connectivity index (χ0) is 22.1. The smallest absolute Gasteiger partial charge is 0.356 e. The summed E-state index contributed by atoms with van der Waals surface area (Å²) < 4.78 is 24.9. The fourth-order valence-electron chi connectivity index (χ4n) is 3.05. The van der Waals surface area contributed by atoms with Crippen LogP contribution < -0.4 is 11.4 Å². The summed E-state index contributed by atoms with van der Waals surface area (Å²) in [7, 11) is -4.33. The van der Waals surface area contributed by atoms with Crippen molar-refractivity contribution in [3.63, 3.8) is 0 Å². The molecule has 13 heteroatoms. The SMILES string of the molecule is CCC(O)P(=O)(O)OC(C)(CC)C[C@H]1O[C@@H](n2cc(I)c(N)nc2=O)[C@H](O)[C@@H]1O. The number of nitrogen functional groups attached to an aromatic ring is 1. The monoisotopic (exact) mass is 547 g/mol. The first-order valence-corrected chi connectivity index (χ1v) is 11.8. The Balaban J connectivity index is 2.24. The van der Waals surface area contributed by atoms with Crippen molar-refractivity contribution >= 4 is 36.0 Å². The van der Waals surface area contributed by atoms with E-state index in [0.717, 1.165) is 4.57 Å². The van der Waals surface area contributed by atoms with E-state index in [2.05, 4.69) is 4.98 Å². The lowest BCUT2D eigenvalue weighted by Gasteiger charge is -2.34. The summed E-state index contributed by atoms with van der Waals surface area (Å²) in [4.78, 5) is 25.8. The first-order valence-electron chi connectivity index (χ1n) is 9.12. The molecular weight excluding hydrogens is 520 g/mol. The quantitative estimate of drug-likeness (QED) is 0.228. The van der Waals surface area contributed by atoms with Gasteiger partial charge in [-0.3, -0.25) is 9.13 Å². The van der Waals surface area contributed by atoms with Gasteiger partial charge >= 0.3 is 13.3 Å². The van der Waals surface area contributed by atoms with E-state index >= 15 is 0 Å². The van der Waals surface area contributed by atoms with Crippen molar-refractivity contribution in [3.05, 3.63) is 20.3 Å². The summed E-state index contributed by atoms with van der Waals surface area (Å²) in [6.07, 6.45) is -3.44. The maximum Gasteiger partial charge on any atom is 0.356 e. The number of ether oxygens (including phenoxy) is 1. The second kappa shape index (κ2) is 9.27. The minimum atomic E-state index is -4.33. The normalized spacial score (nSPS) is 29.9. The molecule has 1 saturated heterocycles. The maximum atomic E-state index is 12.3. The van der Waals surface area contributed by atoms with Crippen LogP contribution in [0.25, 0.3) is 0 Å².